The molecule has 0 aliphatic carbocycles. The number of hydrogen-bond acceptors (Lipinski definition) is 3. The summed E-state index contributed by atoms with van der Waals surface area (Å²) in [6.07, 6.45) is 0.756. The third-order valence-corrected chi connectivity index (χ3v) is 1.79. The molecule has 1 rings (SSSR count). The van der Waals surface area contributed by atoms with Gasteiger partial charge >= 0.3 is 5.97 Å². The molecule has 0 saturated heterocycles. The Labute approximate surface area is 92.2 Å². The summed E-state index contributed by atoms with van der Waals surface area (Å²) in [4.78, 5) is 21.1. The molecule has 0 aromatic heterocycles. The zero-order chi connectivity index (χ0) is 12.0. The number of halogens is 1. The fourth-order valence-corrected chi connectivity index (χ4v) is 1.06. The first-order chi connectivity index (χ1) is 7.69. The fraction of sp³-hybridized carbons (Fsp3) is 0.167. The summed E-state index contributed by atoms with van der Waals surface area (Å²) >= 11 is 0. The standard InChI is InChI=1S/C12H9FO3/c1-16-12(15)10-6-5-9(8-11(10)13)4-2-3-7-14/h5-8H,3H2,1H3. The number of aldehydes is 1. The summed E-state index contributed by atoms with van der Waals surface area (Å²) in [6, 6.07) is 3.92. The van der Waals surface area contributed by atoms with E-state index in [-0.39, 0.29) is 12.0 Å². The maximum Gasteiger partial charge on any atom is 0.340 e. The average Bonchev–Trinajstić information content (AvgIpc) is 2.29. The van der Waals surface area contributed by atoms with Crippen LogP contribution in [0.15, 0.2) is 18.2 Å². The Kier molecular flexibility index (Phi) is 4.22. The molecule has 82 valence electrons. The molecule has 0 unspecified atom stereocenters. The predicted molar refractivity (Wildman–Crippen MR) is 55.3 cm³/mol. The van der Waals surface area contributed by atoms with Gasteiger partial charge in [-0.15, -0.1) is 0 Å². The molecule has 0 bridgehead atoms. The predicted octanol–water partition coefficient (Wildman–Crippen LogP) is 1.55. The Morgan fingerprint density at radius 2 is 2.31 bits per heavy atom. The van der Waals surface area contributed by atoms with E-state index in [1.807, 2.05) is 0 Å². The first-order valence-electron chi connectivity index (χ1n) is 4.49. The fourth-order valence-electron chi connectivity index (χ4n) is 1.06. The van der Waals surface area contributed by atoms with E-state index in [1.54, 1.807) is 0 Å². The molecule has 0 amide bonds. The van der Waals surface area contributed by atoms with E-state index >= 15 is 0 Å². The number of benzene rings is 1. The Bertz CT molecular complexity index is 469. The van der Waals surface area contributed by atoms with Crippen molar-refractivity contribution in [2.75, 3.05) is 7.11 Å². The molecule has 0 atom stereocenters. The van der Waals surface area contributed by atoms with E-state index in [0.717, 1.165) is 6.07 Å². The van der Waals surface area contributed by atoms with E-state index in [1.165, 1.54) is 19.2 Å². The number of rotatable bonds is 2. The van der Waals surface area contributed by atoms with Gasteiger partial charge in [0.1, 0.15) is 12.1 Å². The minimum absolute atomic E-state index is 0.0976. The SMILES string of the molecule is COC(=O)c1ccc(C#CCC=O)cc1F. The molecule has 0 fully saturated rings. The monoisotopic (exact) mass is 220 g/mol. The molecule has 0 radical (unpaired) electrons. The smallest absolute Gasteiger partial charge is 0.340 e. The summed E-state index contributed by atoms with van der Waals surface area (Å²) in [5.41, 5.74) is 0.274. The Hall–Kier alpha value is -2.15. The number of carbonyl (C=O) groups excluding carboxylic acids is 2. The van der Waals surface area contributed by atoms with Gasteiger partial charge in [0.15, 0.2) is 0 Å². The summed E-state index contributed by atoms with van der Waals surface area (Å²) in [7, 11) is 1.18. The van der Waals surface area contributed by atoms with Crippen molar-refractivity contribution in [1.29, 1.82) is 0 Å². The maximum absolute atomic E-state index is 13.4. The van der Waals surface area contributed by atoms with E-state index in [2.05, 4.69) is 16.6 Å². The second-order valence-corrected chi connectivity index (χ2v) is 2.86. The molecule has 0 aliphatic rings. The van der Waals surface area contributed by atoms with Crippen molar-refractivity contribution in [1.82, 2.24) is 0 Å². The molecular formula is C12H9FO3. The zero-order valence-corrected chi connectivity index (χ0v) is 8.62. The van der Waals surface area contributed by atoms with E-state index in [9.17, 15) is 14.0 Å². The minimum atomic E-state index is -0.732. The van der Waals surface area contributed by atoms with Crippen LogP contribution in [0.25, 0.3) is 0 Å². The van der Waals surface area contributed by atoms with E-state index in [0.29, 0.717) is 11.8 Å². The van der Waals surface area contributed by atoms with Crippen molar-refractivity contribution in [3.63, 3.8) is 0 Å². The highest BCUT2D eigenvalue weighted by Gasteiger charge is 2.11. The number of carbonyl (C=O) groups is 2. The maximum atomic E-state index is 13.4. The molecule has 1 aromatic carbocycles. The lowest BCUT2D eigenvalue weighted by molar-refractivity contribution is -0.107. The lowest BCUT2D eigenvalue weighted by Crippen LogP contribution is -2.04. The van der Waals surface area contributed by atoms with E-state index in [4.69, 9.17) is 0 Å². The summed E-state index contributed by atoms with van der Waals surface area (Å²) in [5.74, 6) is 3.72. The van der Waals surface area contributed by atoms with Crippen molar-refractivity contribution >= 4 is 12.3 Å². The Morgan fingerprint density at radius 3 is 2.88 bits per heavy atom. The van der Waals surface area contributed by atoms with Crippen LogP contribution in [0.5, 0.6) is 0 Å². The van der Waals surface area contributed by atoms with Crippen LogP contribution in [-0.2, 0) is 9.53 Å². The Balaban J connectivity index is 2.96. The molecule has 4 heteroatoms. The van der Waals surface area contributed by atoms with E-state index < -0.39 is 11.8 Å². The highest BCUT2D eigenvalue weighted by molar-refractivity contribution is 5.89. The number of ether oxygens (including phenoxy) is 1. The van der Waals surface area contributed by atoms with Crippen LogP contribution in [0.3, 0.4) is 0 Å². The van der Waals surface area contributed by atoms with Crippen LogP contribution in [0, 0.1) is 17.7 Å². The van der Waals surface area contributed by atoms with Gasteiger partial charge in [-0.3, -0.25) is 0 Å². The van der Waals surface area contributed by atoms with Gasteiger partial charge in [-0.1, -0.05) is 11.8 Å². The quantitative estimate of drug-likeness (QED) is 0.431. The normalized spacial score (nSPS) is 8.88. The number of esters is 1. The highest BCUT2D eigenvalue weighted by Crippen LogP contribution is 2.10. The van der Waals surface area contributed by atoms with Gasteiger partial charge in [0, 0.05) is 5.56 Å². The number of methoxy groups -OCH3 is 1. The van der Waals surface area contributed by atoms with Crippen molar-refractivity contribution in [3.8, 4) is 11.8 Å². The second kappa shape index (κ2) is 5.66. The van der Waals surface area contributed by atoms with Gasteiger partial charge < -0.3 is 9.53 Å². The molecule has 0 spiro atoms. The van der Waals surface area contributed by atoms with Crippen LogP contribution < -0.4 is 0 Å². The molecule has 16 heavy (non-hydrogen) atoms. The second-order valence-electron chi connectivity index (χ2n) is 2.86. The molecule has 0 heterocycles. The van der Waals surface area contributed by atoms with Crippen LogP contribution in [0.1, 0.15) is 22.3 Å². The molecular weight excluding hydrogens is 211 g/mol. The van der Waals surface area contributed by atoms with Gasteiger partial charge in [0.25, 0.3) is 0 Å². The van der Waals surface area contributed by atoms with Gasteiger partial charge in [-0.05, 0) is 18.2 Å². The van der Waals surface area contributed by atoms with Gasteiger partial charge in [0.2, 0.25) is 0 Å². The van der Waals surface area contributed by atoms with Crippen LogP contribution in [-0.4, -0.2) is 19.4 Å². The lowest BCUT2D eigenvalue weighted by atomic mass is 10.1. The van der Waals surface area contributed by atoms with Crippen LogP contribution in [0.4, 0.5) is 4.39 Å². The molecule has 0 N–H and O–H groups in total. The lowest BCUT2D eigenvalue weighted by Gasteiger charge is -2.00. The first-order valence-corrected chi connectivity index (χ1v) is 4.49. The first kappa shape index (κ1) is 11.9. The third-order valence-electron chi connectivity index (χ3n) is 1.79. The summed E-state index contributed by atoms with van der Waals surface area (Å²) in [6.45, 7) is 0. The van der Waals surface area contributed by atoms with Gasteiger partial charge in [-0.25, -0.2) is 9.18 Å². The summed E-state index contributed by atoms with van der Waals surface area (Å²) < 4.78 is 17.8. The van der Waals surface area contributed by atoms with Crippen LogP contribution in [0.2, 0.25) is 0 Å². The zero-order valence-electron chi connectivity index (χ0n) is 8.62. The minimum Gasteiger partial charge on any atom is -0.465 e. The van der Waals surface area contributed by atoms with Crippen molar-refractivity contribution in [2.24, 2.45) is 0 Å². The number of hydrogen-bond donors (Lipinski definition) is 0. The van der Waals surface area contributed by atoms with Crippen LogP contribution >= 0.6 is 0 Å². The molecule has 0 aliphatic heterocycles. The molecule has 0 saturated carbocycles. The largest absolute Gasteiger partial charge is 0.465 e. The summed E-state index contributed by atoms with van der Waals surface area (Å²) in [5, 5.41) is 0. The van der Waals surface area contributed by atoms with Crippen molar-refractivity contribution in [3.05, 3.63) is 35.1 Å². The average molecular weight is 220 g/mol. The Morgan fingerprint density at radius 1 is 1.56 bits per heavy atom. The van der Waals surface area contributed by atoms with Gasteiger partial charge in [0.05, 0.1) is 19.1 Å². The van der Waals surface area contributed by atoms with Crippen molar-refractivity contribution in [2.45, 2.75) is 6.42 Å². The van der Waals surface area contributed by atoms with Crippen molar-refractivity contribution < 1.29 is 18.7 Å². The topological polar surface area (TPSA) is 43.4 Å². The molecule has 3 nitrogen and oxygen atoms in total. The molecule has 1 aromatic rings. The third kappa shape index (κ3) is 2.92. The highest BCUT2D eigenvalue weighted by atomic mass is 19.1. The van der Waals surface area contributed by atoms with Gasteiger partial charge in [-0.2, -0.15) is 0 Å².